The first-order valence-corrected chi connectivity index (χ1v) is 6.79. The van der Waals surface area contributed by atoms with Crippen molar-refractivity contribution in [2.24, 2.45) is 5.92 Å². The van der Waals surface area contributed by atoms with Gasteiger partial charge in [0.2, 0.25) is 0 Å². The minimum atomic E-state index is -0.371. The number of hydrogen-bond acceptors (Lipinski definition) is 3. The van der Waals surface area contributed by atoms with E-state index in [-0.39, 0.29) is 17.5 Å². The van der Waals surface area contributed by atoms with Crippen LogP contribution >= 0.6 is 0 Å². The summed E-state index contributed by atoms with van der Waals surface area (Å²) in [5.74, 6) is -0.208. The van der Waals surface area contributed by atoms with E-state index in [1.165, 1.54) is 0 Å². The van der Waals surface area contributed by atoms with Crippen molar-refractivity contribution < 1.29 is 9.21 Å². The molecular formula is C15H19NO3. The van der Waals surface area contributed by atoms with Crippen molar-refractivity contribution in [3.8, 4) is 0 Å². The van der Waals surface area contributed by atoms with Gasteiger partial charge in [-0.1, -0.05) is 13.8 Å². The number of carbonyl (C=O) groups is 1. The molecule has 0 spiro atoms. The van der Waals surface area contributed by atoms with E-state index in [2.05, 4.69) is 0 Å². The average Bonchev–Trinajstić information content (AvgIpc) is 2.74. The van der Waals surface area contributed by atoms with Crippen molar-refractivity contribution in [3.63, 3.8) is 0 Å². The lowest BCUT2D eigenvalue weighted by atomic mass is 9.93. The highest BCUT2D eigenvalue weighted by molar-refractivity contribution is 6.00. The molecule has 0 atom stereocenters. The van der Waals surface area contributed by atoms with Crippen LogP contribution in [0.2, 0.25) is 0 Å². The van der Waals surface area contributed by atoms with Gasteiger partial charge in [0.25, 0.3) is 0 Å². The maximum atomic E-state index is 12.3. The molecule has 0 bridgehead atoms. The van der Waals surface area contributed by atoms with Gasteiger partial charge in [-0.3, -0.25) is 9.36 Å². The van der Waals surface area contributed by atoms with E-state index >= 15 is 0 Å². The summed E-state index contributed by atoms with van der Waals surface area (Å²) in [6, 6.07) is 5.26. The van der Waals surface area contributed by atoms with Gasteiger partial charge in [0.1, 0.15) is 0 Å². The second-order valence-corrected chi connectivity index (χ2v) is 4.67. The molecule has 0 aliphatic carbocycles. The number of hydrogen-bond donors (Lipinski definition) is 0. The third kappa shape index (κ3) is 2.35. The molecule has 0 unspecified atom stereocenters. The fourth-order valence-corrected chi connectivity index (χ4v) is 2.41. The number of carbonyl (C=O) groups excluding carboxylic acids is 1. The molecule has 4 heteroatoms. The van der Waals surface area contributed by atoms with E-state index in [4.69, 9.17) is 4.42 Å². The van der Waals surface area contributed by atoms with Crippen LogP contribution in [0.1, 0.15) is 44.0 Å². The standard InChI is InChI=1S/C15H19NO3/c1-4-10(5-2)14(17)11-7-8-12-13(9-11)19-15(18)16(12)6-3/h7-10H,4-6H2,1-3H3. The lowest BCUT2D eigenvalue weighted by molar-refractivity contribution is 0.0913. The van der Waals surface area contributed by atoms with Crippen molar-refractivity contribution in [1.82, 2.24) is 4.57 Å². The lowest BCUT2D eigenvalue weighted by Gasteiger charge is -2.10. The zero-order chi connectivity index (χ0) is 14.0. The average molecular weight is 261 g/mol. The third-order valence-electron chi connectivity index (χ3n) is 3.63. The second-order valence-electron chi connectivity index (χ2n) is 4.67. The minimum absolute atomic E-state index is 0.0393. The van der Waals surface area contributed by atoms with Crippen molar-refractivity contribution in [3.05, 3.63) is 34.3 Å². The molecule has 102 valence electrons. The summed E-state index contributed by atoms with van der Waals surface area (Å²) in [4.78, 5) is 23.9. The predicted octanol–water partition coefficient (Wildman–Crippen LogP) is 3.23. The topological polar surface area (TPSA) is 52.2 Å². The Hall–Kier alpha value is -1.84. The van der Waals surface area contributed by atoms with Crippen LogP contribution in [0.3, 0.4) is 0 Å². The highest BCUT2D eigenvalue weighted by Gasteiger charge is 2.18. The van der Waals surface area contributed by atoms with Crippen LogP contribution in [-0.2, 0) is 6.54 Å². The fourth-order valence-electron chi connectivity index (χ4n) is 2.41. The largest absolute Gasteiger partial charge is 0.419 e. The lowest BCUT2D eigenvalue weighted by Crippen LogP contribution is -2.13. The SMILES string of the molecule is CCC(CC)C(=O)c1ccc2c(c1)oc(=O)n2CC. The fraction of sp³-hybridized carbons (Fsp3) is 0.467. The van der Waals surface area contributed by atoms with E-state index in [0.29, 0.717) is 17.7 Å². The highest BCUT2D eigenvalue weighted by atomic mass is 16.4. The van der Waals surface area contributed by atoms with Crippen LogP contribution in [-0.4, -0.2) is 10.4 Å². The Morgan fingerprint density at radius 1 is 1.26 bits per heavy atom. The third-order valence-corrected chi connectivity index (χ3v) is 3.63. The maximum absolute atomic E-state index is 12.3. The Morgan fingerprint density at radius 2 is 1.95 bits per heavy atom. The van der Waals surface area contributed by atoms with Crippen molar-refractivity contribution in [2.45, 2.75) is 40.2 Å². The number of nitrogens with zero attached hydrogens (tertiary/aromatic N) is 1. The van der Waals surface area contributed by atoms with Crippen LogP contribution in [0.5, 0.6) is 0 Å². The molecule has 1 aromatic carbocycles. The summed E-state index contributed by atoms with van der Waals surface area (Å²) in [5, 5.41) is 0. The van der Waals surface area contributed by atoms with Crippen LogP contribution < -0.4 is 5.76 Å². The summed E-state index contributed by atoms with van der Waals surface area (Å²) < 4.78 is 6.74. The first-order chi connectivity index (χ1) is 9.12. The van der Waals surface area contributed by atoms with Crippen LogP contribution in [0, 0.1) is 5.92 Å². The number of ketones is 1. The van der Waals surface area contributed by atoms with Crippen molar-refractivity contribution >= 4 is 16.9 Å². The van der Waals surface area contributed by atoms with E-state index in [1.54, 1.807) is 22.8 Å². The summed E-state index contributed by atoms with van der Waals surface area (Å²) >= 11 is 0. The molecule has 0 N–H and O–H groups in total. The molecule has 0 aliphatic heterocycles. The number of aromatic nitrogens is 1. The van der Waals surface area contributed by atoms with Gasteiger partial charge in [-0.2, -0.15) is 0 Å². The smallest absolute Gasteiger partial charge is 0.408 e. The molecule has 0 aliphatic rings. The van der Waals surface area contributed by atoms with Gasteiger partial charge < -0.3 is 4.42 Å². The normalized spacial score (nSPS) is 11.4. The Balaban J connectivity index is 2.48. The molecule has 19 heavy (non-hydrogen) atoms. The molecule has 1 aromatic heterocycles. The van der Waals surface area contributed by atoms with Gasteiger partial charge in [-0.15, -0.1) is 0 Å². The molecule has 0 saturated carbocycles. The number of fused-ring (bicyclic) bond motifs is 1. The Kier molecular flexibility index (Phi) is 3.88. The summed E-state index contributed by atoms with van der Waals surface area (Å²) in [7, 11) is 0. The van der Waals surface area contributed by atoms with E-state index < -0.39 is 0 Å². The monoisotopic (exact) mass is 261 g/mol. The molecule has 0 fully saturated rings. The molecule has 2 aromatic rings. The van der Waals surface area contributed by atoms with Crippen LogP contribution in [0.15, 0.2) is 27.4 Å². The number of benzene rings is 1. The van der Waals surface area contributed by atoms with Gasteiger partial charge in [-0.05, 0) is 38.0 Å². The molecule has 4 nitrogen and oxygen atoms in total. The number of rotatable bonds is 5. The zero-order valence-corrected chi connectivity index (χ0v) is 11.6. The zero-order valence-electron chi connectivity index (χ0n) is 11.6. The molecule has 0 radical (unpaired) electrons. The van der Waals surface area contributed by atoms with Crippen molar-refractivity contribution in [1.29, 1.82) is 0 Å². The molecule has 0 amide bonds. The summed E-state index contributed by atoms with van der Waals surface area (Å²) in [6.07, 6.45) is 1.65. The minimum Gasteiger partial charge on any atom is -0.408 e. The Labute approximate surface area is 112 Å². The predicted molar refractivity (Wildman–Crippen MR) is 74.6 cm³/mol. The quantitative estimate of drug-likeness (QED) is 0.776. The molecular weight excluding hydrogens is 242 g/mol. The van der Waals surface area contributed by atoms with Crippen LogP contribution in [0.25, 0.3) is 11.1 Å². The molecule has 1 heterocycles. The van der Waals surface area contributed by atoms with Gasteiger partial charge in [-0.25, -0.2) is 4.79 Å². The van der Waals surface area contributed by atoms with Gasteiger partial charge in [0.05, 0.1) is 5.52 Å². The van der Waals surface area contributed by atoms with E-state index in [9.17, 15) is 9.59 Å². The van der Waals surface area contributed by atoms with E-state index in [0.717, 1.165) is 18.4 Å². The Bertz CT molecular complexity index is 647. The Morgan fingerprint density at radius 3 is 2.53 bits per heavy atom. The number of oxazole rings is 1. The van der Waals surface area contributed by atoms with Crippen molar-refractivity contribution in [2.75, 3.05) is 0 Å². The first-order valence-electron chi connectivity index (χ1n) is 6.79. The van der Waals surface area contributed by atoms with E-state index in [1.807, 2.05) is 20.8 Å². The number of Topliss-reactive ketones (excluding diaryl/α,β-unsaturated/α-hetero) is 1. The summed E-state index contributed by atoms with van der Waals surface area (Å²) in [5.41, 5.74) is 1.86. The second kappa shape index (κ2) is 5.43. The van der Waals surface area contributed by atoms with Gasteiger partial charge in [0.15, 0.2) is 11.4 Å². The van der Waals surface area contributed by atoms with Crippen LogP contribution in [0.4, 0.5) is 0 Å². The van der Waals surface area contributed by atoms with Gasteiger partial charge in [0, 0.05) is 18.0 Å². The summed E-state index contributed by atoms with van der Waals surface area (Å²) in [6.45, 7) is 6.47. The van der Waals surface area contributed by atoms with Gasteiger partial charge >= 0.3 is 5.76 Å². The maximum Gasteiger partial charge on any atom is 0.419 e. The molecule has 2 rings (SSSR count). The molecule has 0 saturated heterocycles. The number of aryl methyl sites for hydroxylation is 1. The highest BCUT2D eigenvalue weighted by Crippen LogP contribution is 2.20. The first kappa shape index (κ1) is 13.6.